The van der Waals surface area contributed by atoms with E-state index in [2.05, 4.69) is 0 Å². The lowest BCUT2D eigenvalue weighted by Crippen LogP contribution is -2.13. The van der Waals surface area contributed by atoms with E-state index in [1.165, 1.54) is 36.4 Å². The van der Waals surface area contributed by atoms with Gasteiger partial charge < -0.3 is 15.3 Å². The smallest absolute Gasteiger partial charge is 0.315 e. The molecule has 6 heteroatoms. The van der Waals surface area contributed by atoms with Crippen LogP contribution in [0.15, 0.2) is 36.4 Å². The molecular weight excluding hydrogens is 303 g/mol. The maximum absolute atomic E-state index is 11.5. The summed E-state index contributed by atoms with van der Waals surface area (Å²) < 4.78 is 0. The van der Waals surface area contributed by atoms with Gasteiger partial charge in [-0.05, 0) is 35.4 Å². The molecule has 0 atom stereocenters. The fourth-order valence-corrected chi connectivity index (χ4v) is 2.26. The van der Waals surface area contributed by atoms with E-state index in [9.17, 15) is 20.1 Å². The van der Waals surface area contributed by atoms with Crippen molar-refractivity contribution >= 4 is 29.2 Å². The number of halogens is 2. The van der Waals surface area contributed by atoms with Crippen molar-refractivity contribution in [2.45, 2.75) is 5.92 Å². The Labute approximate surface area is 124 Å². The van der Waals surface area contributed by atoms with Crippen molar-refractivity contribution in [1.29, 1.82) is 0 Å². The van der Waals surface area contributed by atoms with Crippen LogP contribution in [0.25, 0.3) is 0 Å². The molecule has 0 amide bonds. The number of carboxylic acid groups (broad SMARTS) is 1. The predicted molar refractivity (Wildman–Crippen MR) is 75.7 cm³/mol. The summed E-state index contributed by atoms with van der Waals surface area (Å²) in [6.45, 7) is 0. The molecule has 0 heterocycles. The standard InChI is InChI=1S/C14H10Cl2O4/c15-9-5-7(1-3-11(9)17)13(14(19)20)8-2-4-12(18)10(16)6-8/h1-6,13,17-18H,(H,19,20). The second-order valence-corrected chi connectivity index (χ2v) is 5.01. The van der Waals surface area contributed by atoms with E-state index in [1.807, 2.05) is 0 Å². The summed E-state index contributed by atoms with van der Waals surface area (Å²) in [7, 11) is 0. The molecule has 104 valence electrons. The summed E-state index contributed by atoms with van der Waals surface area (Å²) in [5.74, 6) is -2.33. The molecular formula is C14H10Cl2O4. The Morgan fingerprint density at radius 2 is 1.30 bits per heavy atom. The minimum absolute atomic E-state index is 0.0682. The minimum Gasteiger partial charge on any atom is -0.506 e. The van der Waals surface area contributed by atoms with Crippen molar-refractivity contribution in [2.24, 2.45) is 0 Å². The number of phenols is 2. The van der Waals surface area contributed by atoms with Crippen molar-refractivity contribution < 1.29 is 20.1 Å². The number of rotatable bonds is 3. The van der Waals surface area contributed by atoms with Gasteiger partial charge in [0.2, 0.25) is 0 Å². The van der Waals surface area contributed by atoms with Gasteiger partial charge in [0.25, 0.3) is 0 Å². The maximum Gasteiger partial charge on any atom is 0.315 e. The summed E-state index contributed by atoms with van der Waals surface area (Å²) in [5.41, 5.74) is 0.809. The fraction of sp³-hybridized carbons (Fsp3) is 0.0714. The van der Waals surface area contributed by atoms with Crippen LogP contribution in [0, 0.1) is 0 Å². The fourth-order valence-electron chi connectivity index (χ4n) is 1.88. The molecule has 0 aliphatic rings. The van der Waals surface area contributed by atoms with Gasteiger partial charge in [-0.15, -0.1) is 0 Å². The molecule has 0 saturated carbocycles. The van der Waals surface area contributed by atoms with Crippen LogP contribution in [0.3, 0.4) is 0 Å². The van der Waals surface area contributed by atoms with Crippen LogP contribution in [-0.2, 0) is 4.79 Å². The van der Waals surface area contributed by atoms with Crippen molar-refractivity contribution in [3.8, 4) is 11.5 Å². The number of benzene rings is 2. The van der Waals surface area contributed by atoms with Crippen molar-refractivity contribution in [3.05, 3.63) is 57.6 Å². The highest BCUT2D eigenvalue weighted by molar-refractivity contribution is 6.32. The van der Waals surface area contributed by atoms with Crippen LogP contribution >= 0.6 is 23.2 Å². The van der Waals surface area contributed by atoms with Gasteiger partial charge in [0.15, 0.2) is 0 Å². The summed E-state index contributed by atoms with van der Waals surface area (Å²) >= 11 is 11.6. The zero-order valence-electron chi connectivity index (χ0n) is 10.0. The molecule has 2 aromatic rings. The largest absolute Gasteiger partial charge is 0.506 e. The Kier molecular flexibility index (Phi) is 4.06. The van der Waals surface area contributed by atoms with Gasteiger partial charge in [-0.2, -0.15) is 0 Å². The number of aliphatic carboxylic acids is 1. The second kappa shape index (κ2) is 5.61. The highest BCUT2D eigenvalue weighted by Gasteiger charge is 2.23. The predicted octanol–water partition coefficient (Wildman–Crippen LogP) is 3.62. The first-order chi connectivity index (χ1) is 9.40. The van der Waals surface area contributed by atoms with Crippen molar-refractivity contribution in [2.75, 3.05) is 0 Å². The van der Waals surface area contributed by atoms with Crippen LogP contribution in [0.4, 0.5) is 0 Å². The number of carbonyl (C=O) groups is 1. The number of carboxylic acids is 1. The highest BCUT2D eigenvalue weighted by Crippen LogP contribution is 2.34. The Morgan fingerprint density at radius 3 is 1.60 bits per heavy atom. The number of hydrogen-bond acceptors (Lipinski definition) is 3. The van der Waals surface area contributed by atoms with Gasteiger partial charge in [0.05, 0.1) is 10.0 Å². The topological polar surface area (TPSA) is 77.8 Å². The van der Waals surface area contributed by atoms with E-state index in [-0.39, 0.29) is 21.5 Å². The van der Waals surface area contributed by atoms with Crippen LogP contribution in [0.2, 0.25) is 10.0 Å². The second-order valence-electron chi connectivity index (χ2n) is 4.19. The van der Waals surface area contributed by atoms with Crippen LogP contribution < -0.4 is 0 Å². The van der Waals surface area contributed by atoms with Gasteiger partial charge in [-0.1, -0.05) is 35.3 Å². The van der Waals surface area contributed by atoms with E-state index in [4.69, 9.17) is 23.2 Å². The maximum atomic E-state index is 11.5. The van der Waals surface area contributed by atoms with E-state index in [0.29, 0.717) is 11.1 Å². The third-order valence-electron chi connectivity index (χ3n) is 2.86. The Hall–Kier alpha value is -1.91. The third-order valence-corrected chi connectivity index (χ3v) is 3.46. The summed E-state index contributed by atoms with van der Waals surface area (Å²) in [6, 6.07) is 8.37. The monoisotopic (exact) mass is 312 g/mol. The lowest BCUT2D eigenvalue weighted by atomic mass is 9.91. The number of aromatic hydroxyl groups is 2. The van der Waals surface area contributed by atoms with Crippen LogP contribution in [0.1, 0.15) is 17.0 Å². The first kappa shape index (κ1) is 14.5. The molecule has 20 heavy (non-hydrogen) atoms. The molecule has 0 unspecified atom stereocenters. The van der Waals surface area contributed by atoms with E-state index < -0.39 is 11.9 Å². The van der Waals surface area contributed by atoms with E-state index in [0.717, 1.165) is 0 Å². The highest BCUT2D eigenvalue weighted by atomic mass is 35.5. The van der Waals surface area contributed by atoms with Gasteiger partial charge in [-0.3, -0.25) is 4.79 Å². The first-order valence-corrected chi connectivity index (χ1v) is 6.35. The number of hydrogen-bond donors (Lipinski definition) is 3. The van der Waals surface area contributed by atoms with E-state index >= 15 is 0 Å². The van der Waals surface area contributed by atoms with Gasteiger partial charge in [0.1, 0.15) is 17.4 Å². The average Bonchev–Trinajstić information content (AvgIpc) is 2.38. The van der Waals surface area contributed by atoms with Gasteiger partial charge in [0, 0.05) is 0 Å². The molecule has 0 spiro atoms. The van der Waals surface area contributed by atoms with E-state index in [1.54, 1.807) is 0 Å². The Bertz CT molecular complexity index is 619. The molecule has 2 rings (SSSR count). The third kappa shape index (κ3) is 2.81. The van der Waals surface area contributed by atoms with Crippen LogP contribution in [-0.4, -0.2) is 21.3 Å². The molecule has 0 aromatic heterocycles. The lowest BCUT2D eigenvalue weighted by molar-refractivity contribution is -0.137. The molecule has 0 fully saturated rings. The molecule has 4 nitrogen and oxygen atoms in total. The SMILES string of the molecule is O=C(O)C(c1ccc(O)c(Cl)c1)c1ccc(O)c(Cl)c1. The first-order valence-electron chi connectivity index (χ1n) is 5.60. The summed E-state index contributed by atoms with van der Waals surface area (Å²) in [6.07, 6.45) is 0. The normalized spacial score (nSPS) is 10.8. The van der Waals surface area contributed by atoms with Gasteiger partial charge in [-0.25, -0.2) is 0 Å². The minimum atomic E-state index is -1.09. The van der Waals surface area contributed by atoms with Gasteiger partial charge >= 0.3 is 5.97 Å². The Morgan fingerprint density at radius 1 is 0.900 bits per heavy atom. The summed E-state index contributed by atoms with van der Waals surface area (Å²) in [4.78, 5) is 11.5. The Balaban J connectivity index is 2.53. The molecule has 0 bridgehead atoms. The summed E-state index contributed by atoms with van der Waals surface area (Å²) in [5, 5.41) is 28.3. The molecule has 3 N–H and O–H groups in total. The average molecular weight is 313 g/mol. The van der Waals surface area contributed by atoms with Crippen LogP contribution in [0.5, 0.6) is 11.5 Å². The molecule has 2 aromatic carbocycles. The quantitative estimate of drug-likeness (QED) is 0.809. The van der Waals surface area contributed by atoms with Crippen molar-refractivity contribution in [3.63, 3.8) is 0 Å². The molecule has 0 radical (unpaired) electrons. The molecule has 0 saturated heterocycles. The molecule has 0 aliphatic carbocycles. The zero-order chi connectivity index (χ0) is 14.9. The molecule has 0 aliphatic heterocycles. The van der Waals surface area contributed by atoms with Crippen molar-refractivity contribution in [1.82, 2.24) is 0 Å². The lowest BCUT2D eigenvalue weighted by Gasteiger charge is -2.14. The number of phenolic OH excluding ortho intramolecular Hbond substituents is 2. The zero-order valence-corrected chi connectivity index (χ0v) is 11.6.